The number of benzene rings is 1. The van der Waals surface area contributed by atoms with Gasteiger partial charge >= 0.3 is 0 Å². The number of para-hydroxylation sites is 1. The van der Waals surface area contributed by atoms with Gasteiger partial charge < -0.3 is 15.1 Å². The molecule has 1 N–H and O–H groups in total. The van der Waals surface area contributed by atoms with E-state index < -0.39 is 0 Å². The van der Waals surface area contributed by atoms with Gasteiger partial charge in [0.2, 0.25) is 11.8 Å². The van der Waals surface area contributed by atoms with Gasteiger partial charge in [-0.15, -0.1) is 0 Å². The Balaban J connectivity index is 1.41. The van der Waals surface area contributed by atoms with E-state index >= 15 is 0 Å². The van der Waals surface area contributed by atoms with Crippen LogP contribution in [0.4, 0.5) is 5.69 Å². The summed E-state index contributed by atoms with van der Waals surface area (Å²) in [5, 5.41) is 2.99. The first-order chi connectivity index (χ1) is 14.0. The number of hydrogen-bond acceptors (Lipinski definition) is 3. The van der Waals surface area contributed by atoms with E-state index in [2.05, 4.69) is 31.0 Å². The van der Waals surface area contributed by atoms with Crippen LogP contribution in [0, 0.1) is 5.92 Å². The van der Waals surface area contributed by atoms with Crippen molar-refractivity contribution in [1.82, 2.24) is 9.80 Å². The standard InChI is InChI=1S/C24H37N3O2/c1-18(2)21-8-4-5-9-22(21)25-23(28)10-11-24(29)27-16-12-20(13-17-27)19(3)26-14-6-7-15-26/h4-5,8-9,18-20H,6-7,10-17H2,1-3H3,(H,25,28). The molecule has 2 saturated heterocycles. The molecule has 2 fully saturated rings. The normalized spacial score (nSPS) is 19.5. The maximum atomic E-state index is 12.6. The van der Waals surface area contributed by atoms with Crippen LogP contribution in [0.5, 0.6) is 0 Å². The number of piperidine rings is 1. The quantitative estimate of drug-likeness (QED) is 0.746. The minimum absolute atomic E-state index is 0.0796. The highest BCUT2D eigenvalue weighted by Gasteiger charge is 2.30. The van der Waals surface area contributed by atoms with Crippen molar-refractivity contribution >= 4 is 17.5 Å². The van der Waals surface area contributed by atoms with Gasteiger partial charge in [-0.05, 0) is 69.2 Å². The number of amides is 2. The van der Waals surface area contributed by atoms with Crippen molar-refractivity contribution in [3.63, 3.8) is 0 Å². The summed E-state index contributed by atoms with van der Waals surface area (Å²) in [5.74, 6) is 1.07. The van der Waals surface area contributed by atoms with Crippen molar-refractivity contribution in [1.29, 1.82) is 0 Å². The third-order valence-electron chi connectivity index (χ3n) is 6.71. The molecule has 2 aliphatic rings. The lowest BCUT2D eigenvalue weighted by Crippen LogP contribution is -2.45. The average molecular weight is 400 g/mol. The molecular formula is C24H37N3O2. The molecule has 0 spiro atoms. The molecular weight excluding hydrogens is 362 g/mol. The van der Waals surface area contributed by atoms with Gasteiger partial charge in [0.1, 0.15) is 0 Å². The highest BCUT2D eigenvalue weighted by molar-refractivity contribution is 5.93. The smallest absolute Gasteiger partial charge is 0.224 e. The second-order valence-corrected chi connectivity index (χ2v) is 8.99. The molecule has 0 bridgehead atoms. The van der Waals surface area contributed by atoms with E-state index in [1.807, 2.05) is 29.2 Å². The molecule has 5 nitrogen and oxygen atoms in total. The molecule has 2 amide bonds. The van der Waals surface area contributed by atoms with Crippen molar-refractivity contribution in [2.24, 2.45) is 5.92 Å². The average Bonchev–Trinajstić information content (AvgIpc) is 3.27. The summed E-state index contributed by atoms with van der Waals surface area (Å²) < 4.78 is 0. The molecule has 29 heavy (non-hydrogen) atoms. The topological polar surface area (TPSA) is 52.7 Å². The molecule has 0 radical (unpaired) electrons. The van der Waals surface area contributed by atoms with Gasteiger partial charge in [0, 0.05) is 37.7 Å². The molecule has 1 aromatic carbocycles. The van der Waals surface area contributed by atoms with E-state index in [1.54, 1.807) is 0 Å². The Morgan fingerprint density at radius 1 is 1.00 bits per heavy atom. The van der Waals surface area contributed by atoms with E-state index in [9.17, 15) is 9.59 Å². The number of hydrogen-bond donors (Lipinski definition) is 1. The van der Waals surface area contributed by atoms with Gasteiger partial charge in [0.25, 0.3) is 0 Å². The highest BCUT2D eigenvalue weighted by Crippen LogP contribution is 2.27. The second-order valence-electron chi connectivity index (χ2n) is 8.99. The molecule has 2 aliphatic heterocycles. The molecule has 5 heteroatoms. The number of likely N-dealkylation sites (tertiary alicyclic amines) is 2. The first kappa shape index (κ1) is 21.8. The van der Waals surface area contributed by atoms with E-state index in [1.165, 1.54) is 25.9 Å². The largest absolute Gasteiger partial charge is 0.343 e. The summed E-state index contributed by atoms with van der Waals surface area (Å²) in [6, 6.07) is 8.52. The maximum Gasteiger partial charge on any atom is 0.224 e. The second kappa shape index (κ2) is 10.2. The zero-order chi connectivity index (χ0) is 20.8. The zero-order valence-electron chi connectivity index (χ0n) is 18.3. The minimum atomic E-state index is -0.0796. The lowest BCUT2D eigenvalue weighted by molar-refractivity contribution is -0.134. The van der Waals surface area contributed by atoms with Crippen LogP contribution < -0.4 is 5.32 Å². The first-order valence-corrected chi connectivity index (χ1v) is 11.4. The summed E-state index contributed by atoms with van der Waals surface area (Å²) in [7, 11) is 0. The van der Waals surface area contributed by atoms with Crippen LogP contribution in [0.15, 0.2) is 24.3 Å². The van der Waals surface area contributed by atoms with Gasteiger partial charge in [0.05, 0.1) is 0 Å². The third kappa shape index (κ3) is 5.81. The number of carbonyl (C=O) groups excluding carboxylic acids is 2. The van der Waals surface area contributed by atoms with Crippen molar-refractivity contribution in [2.45, 2.75) is 71.3 Å². The van der Waals surface area contributed by atoms with Crippen molar-refractivity contribution in [3.8, 4) is 0 Å². The maximum absolute atomic E-state index is 12.6. The molecule has 1 atom stereocenters. The van der Waals surface area contributed by atoms with Gasteiger partial charge in [0.15, 0.2) is 0 Å². The molecule has 3 rings (SSSR count). The molecule has 0 aromatic heterocycles. The lowest BCUT2D eigenvalue weighted by atomic mass is 9.89. The Hall–Kier alpha value is -1.88. The number of nitrogens with zero attached hydrogens (tertiary/aromatic N) is 2. The lowest BCUT2D eigenvalue weighted by Gasteiger charge is -2.38. The minimum Gasteiger partial charge on any atom is -0.343 e. The van der Waals surface area contributed by atoms with Crippen LogP contribution in [0.1, 0.15) is 70.8 Å². The Morgan fingerprint density at radius 3 is 2.31 bits per heavy atom. The fourth-order valence-corrected chi connectivity index (χ4v) is 4.78. The molecule has 0 aliphatic carbocycles. The highest BCUT2D eigenvalue weighted by atomic mass is 16.2. The summed E-state index contributed by atoms with van der Waals surface area (Å²) in [5.41, 5.74) is 1.98. The van der Waals surface area contributed by atoms with Crippen LogP contribution in [0.25, 0.3) is 0 Å². The summed E-state index contributed by atoms with van der Waals surface area (Å²) in [6.45, 7) is 10.7. The van der Waals surface area contributed by atoms with Crippen molar-refractivity contribution in [2.75, 3.05) is 31.5 Å². The Bertz CT molecular complexity index is 689. The van der Waals surface area contributed by atoms with Gasteiger partial charge in [-0.3, -0.25) is 9.59 Å². The predicted octanol–water partition coefficient (Wildman–Crippen LogP) is 4.25. The Kier molecular flexibility index (Phi) is 7.70. The van der Waals surface area contributed by atoms with Crippen molar-refractivity contribution in [3.05, 3.63) is 29.8 Å². The van der Waals surface area contributed by atoms with E-state index in [-0.39, 0.29) is 18.2 Å². The Morgan fingerprint density at radius 2 is 1.66 bits per heavy atom. The van der Waals surface area contributed by atoms with E-state index in [0.29, 0.717) is 24.3 Å². The third-order valence-corrected chi connectivity index (χ3v) is 6.71. The molecule has 0 saturated carbocycles. The number of anilines is 1. The number of rotatable bonds is 7. The van der Waals surface area contributed by atoms with E-state index in [4.69, 9.17) is 0 Å². The van der Waals surface area contributed by atoms with E-state index in [0.717, 1.165) is 37.2 Å². The monoisotopic (exact) mass is 399 g/mol. The first-order valence-electron chi connectivity index (χ1n) is 11.4. The zero-order valence-corrected chi connectivity index (χ0v) is 18.3. The Labute approximate surface area is 175 Å². The molecule has 160 valence electrons. The SMILES string of the molecule is CC(C)c1ccccc1NC(=O)CCC(=O)N1CCC(C(C)N2CCCC2)CC1. The van der Waals surface area contributed by atoms with Gasteiger partial charge in [-0.2, -0.15) is 0 Å². The van der Waals surface area contributed by atoms with Crippen LogP contribution in [-0.4, -0.2) is 53.8 Å². The summed E-state index contributed by atoms with van der Waals surface area (Å²) >= 11 is 0. The van der Waals surface area contributed by atoms with Crippen molar-refractivity contribution < 1.29 is 9.59 Å². The summed E-state index contributed by atoms with van der Waals surface area (Å²) in [6.07, 6.45) is 5.35. The molecule has 2 heterocycles. The number of carbonyl (C=O) groups is 2. The van der Waals surface area contributed by atoms with Crippen LogP contribution in [0.2, 0.25) is 0 Å². The predicted molar refractivity (Wildman–Crippen MR) is 118 cm³/mol. The fourth-order valence-electron chi connectivity index (χ4n) is 4.78. The summed E-state index contributed by atoms with van der Waals surface area (Å²) in [4.78, 5) is 29.5. The molecule has 1 aromatic rings. The van der Waals surface area contributed by atoms with Crippen LogP contribution >= 0.6 is 0 Å². The molecule has 1 unspecified atom stereocenters. The van der Waals surface area contributed by atoms with Gasteiger partial charge in [-0.25, -0.2) is 0 Å². The van der Waals surface area contributed by atoms with Crippen LogP contribution in [-0.2, 0) is 9.59 Å². The van der Waals surface area contributed by atoms with Gasteiger partial charge in [-0.1, -0.05) is 32.0 Å². The number of nitrogens with one attached hydrogen (secondary N) is 1. The van der Waals surface area contributed by atoms with Crippen LogP contribution in [0.3, 0.4) is 0 Å². The fraction of sp³-hybridized carbons (Fsp3) is 0.667.